The Bertz CT molecular complexity index is 363. The Morgan fingerprint density at radius 3 is 2.71 bits per heavy atom. The second kappa shape index (κ2) is 4.09. The van der Waals surface area contributed by atoms with Gasteiger partial charge in [-0.3, -0.25) is 4.99 Å². The quantitative estimate of drug-likeness (QED) is 0.754. The summed E-state index contributed by atoms with van der Waals surface area (Å²) in [6, 6.07) is 10.2. The number of nitrogens with one attached hydrogen (secondary N) is 1. The van der Waals surface area contributed by atoms with E-state index in [1.165, 1.54) is 5.57 Å². The molecule has 1 aliphatic heterocycles. The molecule has 0 bridgehead atoms. The van der Waals surface area contributed by atoms with Gasteiger partial charge in [-0.25, -0.2) is 0 Å². The molecular formula is C12H14N2. The van der Waals surface area contributed by atoms with Gasteiger partial charge in [-0.1, -0.05) is 18.2 Å². The van der Waals surface area contributed by atoms with Crippen molar-refractivity contribution >= 4 is 11.4 Å². The summed E-state index contributed by atoms with van der Waals surface area (Å²) in [7, 11) is 0. The van der Waals surface area contributed by atoms with Crippen LogP contribution in [0.3, 0.4) is 0 Å². The van der Waals surface area contributed by atoms with Crippen LogP contribution >= 0.6 is 0 Å². The second-order valence-corrected chi connectivity index (χ2v) is 3.40. The Balaban J connectivity index is 2.04. The third-order valence-electron chi connectivity index (χ3n) is 2.38. The van der Waals surface area contributed by atoms with Gasteiger partial charge in [0.1, 0.15) is 0 Å². The predicted octanol–water partition coefficient (Wildman–Crippen LogP) is 2.85. The molecule has 0 radical (unpaired) electrons. The lowest BCUT2D eigenvalue weighted by molar-refractivity contribution is 1.04. The van der Waals surface area contributed by atoms with Gasteiger partial charge in [0.05, 0.1) is 0 Å². The molecule has 2 rings (SSSR count). The average molecular weight is 186 g/mol. The zero-order valence-electron chi connectivity index (χ0n) is 8.33. The van der Waals surface area contributed by atoms with E-state index in [2.05, 4.69) is 35.6 Å². The van der Waals surface area contributed by atoms with Gasteiger partial charge in [0.15, 0.2) is 0 Å². The van der Waals surface area contributed by atoms with Crippen LogP contribution in [0.4, 0.5) is 5.69 Å². The van der Waals surface area contributed by atoms with Gasteiger partial charge in [-0.2, -0.15) is 0 Å². The summed E-state index contributed by atoms with van der Waals surface area (Å²) in [5.41, 5.74) is 3.60. The number of hydrogen-bond acceptors (Lipinski definition) is 2. The van der Waals surface area contributed by atoms with E-state index < -0.39 is 0 Å². The number of benzene rings is 1. The highest BCUT2D eigenvalue weighted by Gasteiger charge is 2.07. The molecule has 1 N–H and O–H groups in total. The van der Waals surface area contributed by atoms with Crippen molar-refractivity contribution in [2.24, 2.45) is 4.99 Å². The Labute approximate surface area is 84.4 Å². The fourth-order valence-corrected chi connectivity index (χ4v) is 1.51. The standard InChI is InChI=1S/C12H14N2/c1-10-11(7-8-13-10)9-14-12-5-3-2-4-6-12/h2-6,9,14H,7-8H2,1H3/b11-9-. The average Bonchev–Trinajstić information content (AvgIpc) is 2.63. The second-order valence-electron chi connectivity index (χ2n) is 3.40. The highest BCUT2D eigenvalue weighted by Crippen LogP contribution is 2.13. The Hall–Kier alpha value is -1.57. The maximum absolute atomic E-state index is 4.34. The van der Waals surface area contributed by atoms with Crippen LogP contribution in [0, 0.1) is 0 Å². The molecule has 14 heavy (non-hydrogen) atoms. The Morgan fingerprint density at radius 2 is 2.07 bits per heavy atom. The first-order valence-electron chi connectivity index (χ1n) is 4.88. The molecular weight excluding hydrogens is 172 g/mol. The molecule has 0 aromatic heterocycles. The molecule has 2 heteroatoms. The first-order valence-corrected chi connectivity index (χ1v) is 4.88. The summed E-state index contributed by atoms with van der Waals surface area (Å²) in [6.45, 7) is 3.00. The number of anilines is 1. The highest BCUT2D eigenvalue weighted by molar-refractivity contribution is 6.00. The summed E-state index contributed by atoms with van der Waals surface area (Å²) in [4.78, 5) is 4.34. The molecule has 0 saturated carbocycles. The van der Waals surface area contributed by atoms with Crippen molar-refractivity contribution in [1.29, 1.82) is 0 Å². The summed E-state index contributed by atoms with van der Waals surface area (Å²) in [6.07, 6.45) is 3.12. The number of hydrogen-bond donors (Lipinski definition) is 1. The molecule has 2 nitrogen and oxygen atoms in total. The maximum atomic E-state index is 4.34. The van der Waals surface area contributed by atoms with Crippen LogP contribution in [-0.2, 0) is 0 Å². The molecule has 1 aromatic carbocycles. The van der Waals surface area contributed by atoms with Crippen LogP contribution in [0.5, 0.6) is 0 Å². The molecule has 72 valence electrons. The van der Waals surface area contributed by atoms with Crippen molar-refractivity contribution in [3.8, 4) is 0 Å². The zero-order valence-corrected chi connectivity index (χ0v) is 8.33. The minimum absolute atomic E-state index is 0.939. The molecule has 0 saturated heterocycles. The summed E-state index contributed by atoms with van der Waals surface area (Å²) >= 11 is 0. The molecule has 0 spiro atoms. The van der Waals surface area contributed by atoms with Crippen LogP contribution in [0.1, 0.15) is 13.3 Å². The zero-order chi connectivity index (χ0) is 9.80. The van der Waals surface area contributed by atoms with Crippen LogP contribution < -0.4 is 5.32 Å². The normalized spacial score (nSPS) is 18.4. The minimum atomic E-state index is 0.939. The van der Waals surface area contributed by atoms with Gasteiger partial charge in [0.2, 0.25) is 0 Å². The summed E-state index contributed by atoms with van der Waals surface area (Å²) in [5, 5.41) is 3.27. The largest absolute Gasteiger partial charge is 0.361 e. The molecule has 0 atom stereocenters. The first kappa shape index (κ1) is 9.00. The van der Waals surface area contributed by atoms with Gasteiger partial charge < -0.3 is 5.32 Å². The van der Waals surface area contributed by atoms with E-state index in [4.69, 9.17) is 0 Å². The Morgan fingerprint density at radius 1 is 1.29 bits per heavy atom. The minimum Gasteiger partial charge on any atom is -0.361 e. The number of rotatable bonds is 2. The monoisotopic (exact) mass is 186 g/mol. The SMILES string of the molecule is CC1=NCC/C1=C/Nc1ccccc1. The predicted molar refractivity (Wildman–Crippen MR) is 60.7 cm³/mol. The van der Waals surface area contributed by atoms with Gasteiger partial charge in [0, 0.05) is 24.1 Å². The van der Waals surface area contributed by atoms with Crippen molar-refractivity contribution in [3.63, 3.8) is 0 Å². The molecule has 1 aliphatic rings. The lowest BCUT2D eigenvalue weighted by Gasteiger charge is -2.02. The lowest BCUT2D eigenvalue weighted by Crippen LogP contribution is -1.95. The summed E-state index contributed by atoms with van der Waals surface area (Å²) in [5.74, 6) is 0. The van der Waals surface area contributed by atoms with Crippen molar-refractivity contribution in [1.82, 2.24) is 0 Å². The fraction of sp³-hybridized carbons (Fsp3) is 0.250. The van der Waals surface area contributed by atoms with Crippen LogP contribution in [0.2, 0.25) is 0 Å². The molecule has 1 heterocycles. The van der Waals surface area contributed by atoms with Crippen LogP contribution in [0.25, 0.3) is 0 Å². The number of para-hydroxylation sites is 1. The molecule has 0 aliphatic carbocycles. The van der Waals surface area contributed by atoms with Gasteiger partial charge in [-0.05, 0) is 31.1 Å². The lowest BCUT2D eigenvalue weighted by atomic mass is 10.2. The van der Waals surface area contributed by atoms with Crippen molar-refractivity contribution in [2.75, 3.05) is 11.9 Å². The van der Waals surface area contributed by atoms with Gasteiger partial charge >= 0.3 is 0 Å². The fourth-order valence-electron chi connectivity index (χ4n) is 1.51. The van der Waals surface area contributed by atoms with Crippen molar-refractivity contribution in [3.05, 3.63) is 42.1 Å². The van der Waals surface area contributed by atoms with E-state index in [0.29, 0.717) is 0 Å². The topological polar surface area (TPSA) is 24.4 Å². The molecule has 0 fully saturated rings. The maximum Gasteiger partial charge on any atom is 0.0434 e. The van der Waals surface area contributed by atoms with E-state index in [1.807, 2.05) is 18.2 Å². The van der Waals surface area contributed by atoms with Crippen molar-refractivity contribution < 1.29 is 0 Å². The van der Waals surface area contributed by atoms with E-state index in [1.54, 1.807) is 0 Å². The third kappa shape index (κ3) is 2.02. The van der Waals surface area contributed by atoms with E-state index >= 15 is 0 Å². The highest BCUT2D eigenvalue weighted by atomic mass is 14.9. The van der Waals surface area contributed by atoms with Gasteiger partial charge in [0.25, 0.3) is 0 Å². The third-order valence-corrected chi connectivity index (χ3v) is 2.38. The van der Waals surface area contributed by atoms with E-state index in [0.717, 1.165) is 24.4 Å². The number of aliphatic imine (C=N–C) groups is 1. The number of nitrogens with zero attached hydrogens (tertiary/aromatic N) is 1. The first-order chi connectivity index (χ1) is 6.86. The Kier molecular flexibility index (Phi) is 2.63. The van der Waals surface area contributed by atoms with Crippen LogP contribution in [-0.4, -0.2) is 12.3 Å². The van der Waals surface area contributed by atoms with Crippen LogP contribution in [0.15, 0.2) is 47.1 Å². The van der Waals surface area contributed by atoms with E-state index in [9.17, 15) is 0 Å². The van der Waals surface area contributed by atoms with Gasteiger partial charge in [-0.15, -0.1) is 0 Å². The smallest absolute Gasteiger partial charge is 0.0434 e. The molecule has 0 unspecified atom stereocenters. The summed E-state index contributed by atoms with van der Waals surface area (Å²) < 4.78 is 0. The molecule has 1 aromatic rings. The van der Waals surface area contributed by atoms with Crippen molar-refractivity contribution in [2.45, 2.75) is 13.3 Å². The molecule has 0 amide bonds. The van der Waals surface area contributed by atoms with E-state index in [-0.39, 0.29) is 0 Å².